The molecule has 1 aromatic heterocycles. The molecule has 0 aliphatic carbocycles. The first-order valence-corrected chi connectivity index (χ1v) is 5.52. The van der Waals surface area contributed by atoms with Crippen LogP contribution in [0.25, 0.3) is 0 Å². The molecule has 2 rings (SSSR count). The third-order valence-electron chi connectivity index (χ3n) is 2.50. The smallest absolute Gasteiger partial charge is 0.227 e. The first-order chi connectivity index (χ1) is 7.22. The van der Waals surface area contributed by atoms with E-state index in [1.165, 1.54) is 0 Å². The van der Waals surface area contributed by atoms with E-state index < -0.39 is 0 Å². The van der Waals surface area contributed by atoms with Crippen LogP contribution in [0.2, 0.25) is 0 Å². The summed E-state index contributed by atoms with van der Waals surface area (Å²) in [5.74, 6) is 0.0901. The number of aliphatic hydroxyl groups is 1. The van der Waals surface area contributed by atoms with Crippen molar-refractivity contribution in [2.24, 2.45) is 5.92 Å². The summed E-state index contributed by atoms with van der Waals surface area (Å²) in [4.78, 5) is 17.3. The molecule has 1 aliphatic rings. The third kappa shape index (κ3) is 2.03. The van der Waals surface area contributed by atoms with Crippen LogP contribution in [0.1, 0.15) is 6.42 Å². The van der Waals surface area contributed by atoms with Gasteiger partial charge in [-0.1, -0.05) is 0 Å². The van der Waals surface area contributed by atoms with Crippen molar-refractivity contribution in [2.75, 3.05) is 18.1 Å². The first-order valence-electron chi connectivity index (χ1n) is 4.73. The fraction of sp³-hybridized carbons (Fsp3) is 0.400. The van der Waals surface area contributed by atoms with Crippen molar-refractivity contribution < 1.29 is 9.90 Å². The van der Waals surface area contributed by atoms with E-state index in [1.54, 1.807) is 23.4 Å². The van der Waals surface area contributed by atoms with Gasteiger partial charge in [0.2, 0.25) is 5.91 Å². The second-order valence-electron chi connectivity index (χ2n) is 3.58. The average Bonchev–Trinajstić information content (AvgIpc) is 2.60. The summed E-state index contributed by atoms with van der Waals surface area (Å²) in [5.41, 5.74) is 0.776. The van der Waals surface area contributed by atoms with E-state index in [9.17, 15) is 4.79 Å². The molecule has 0 radical (unpaired) electrons. The lowest BCUT2D eigenvalue weighted by molar-refractivity contribution is -0.117. The van der Waals surface area contributed by atoms with E-state index >= 15 is 0 Å². The van der Waals surface area contributed by atoms with Gasteiger partial charge in [-0.25, -0.2) is 0 Å². The summed E-state index contributed by atoms with van der Waals surface area (Å²) < 4.78 is 0.851. The Kier molecular flexibility index (Phi) is 3.02. The van der Waals surface area contributed by atoms with Gasteiger partial charge in [-0.15, -0.1) is 0 Å². The fourth-order valence-electron chi connectivity index (χ4n) is 1.70. The molecular weight excluding hydrogens is 260 g/mol. The minimum Gasteiger partial charge on any atom is -0.396 e. The fourth-order valence-corrected chi connectivity index (χ4v) is 2.14. The van der Waals surface area contributed by atoms with E-state index in [0.717, 1.165) is 10.2 Å². The number of rotatable bonds is 2. The molecule has 1 unspecified atom stereocenters. The maximum absolute atomic E-state index is 11.7. The minimum atomic E-state index is 0.0442. The summed E-state index contributed by atoms with van der Waals surface area (Å²) >= 11 is 3.38. The Morgan fingerprint density at radius 3 is 3.07 bits per heavy atom. The number of hydrogen-bond donors (Lipinski definition) is 1. The number of aromatic nitrogens is 1. The Labute approximate surface area is 96.1 Å². The normalized spacial score (nSPS) is 21.1. The minimum absolute atomic E-state index is 0.0442. The molecule has 0 bridgehead atoms. The second kappa shape index (κ2) is 4.28. The van der Waals surface area contributed by atoms with Crippen molar-refractivity contribution in [3.63, 3.8) is 0 Å². The zero-order chi connectivity index (χ0) is 10.8. The zero-order valence-electron chi connectivity index (χ0n) is 8.06. The molecule has 4 nitrogen and oxygen atoms in total. The molecule has 80 valence electrons. The van der Waals surface area contributed by atoms with Crippen LogP contribution in [0.5, 0.6) is 0 Å². The van der Waals surface area contributed by atoms with Crippen molar-refractivity contribution in [2.45, 2.75) is 6.42 Å². The molecule has 2 heterocycles. The van der Waals surface area contributed by atoms with Crippen molar-refractivity contribution >= 4 is 27.5 Å². The number of anilines is 1. The van der Waals surface area contributed by atoms with Crippen LogP contribution in [-0.2, 0) is 4.79 Å². The Hall–Kier alpha value is -0.940. The largest absolute Gasteiger partial charge is 0.396 e. The Morgan fingerprint density at radius 2 is 2.47 bits per heavy atom. The van der Waals surface area contributed by atoms with Crippen molar-refractivity contribution in [1.82, 2.24) is 4.98 Å². The Balaban J connectivity index is 2.25. The molecule has 15 heavy (non-hydrogen) atoms. The monoisotopic (exact) mass is 270 g/mol. The van der Waals surface area contributed by atoms with Crippen LogP contribution in [0.3, 0.4) is 0 Å². The number of carbonyl (C=O) groups excluding carboxylic acids is 1. The quantitative estimate of drug-likeness (QED) is 0.879. The molecular formula is C10H11BrN2O2. The van der Waals surface area contributed by atoms with Gasteiger partial charge in [0.1, 0.15) is 0 Å². The molecule has 1 saturated heterocycles. The van der Waals surface area contributed by atoms with E-state index in [4.69, 9.17) is 5.11 Å². The molecule has 0 spiro atoms. The highest BCUT2D eigenvalue weighted by Crippen LogP contribution is 2.30. The van der Waals surface area contributed by atoms with Gasteiger partial charge >= 0.3 is 0 Å². The Bertz CT molecular complexity index is 383. The third-order valence-corrected chi connectivity index (χ3v) is 3.17. The molecule has 1 aromatic rings. The predicted molar refractivity (Wildman–Crippen MR) is 59.5 cm³/mol. The van der Waals surface area contributed by atoms with Crippen LogP contribution in [0.4, 0.5) is 5.69 Å². The van der Waals surface area contributed by atoms with E-state index in [-0.39, 0.29) is 18.4 Å². The summed E-state index contributed by atoms with van der Waals surface area (Å²) in [6, 6.07) is 1.80. The van der Waals surface area contributed by atoms with Gasteiger partial charge in [0.15, 0.2) is 0 Å². The summed E-state index contributed by atoms with van der Waals surface area (Å²) in [6.45, 7) is 0.625. The summed E-state index contributed by atoms with van der Waals surface area (Å²) in [7, 11) is 0. The standard InChI is InChI=1S/C10H11BrN2O2/c11-8-1-2-12-4-9(8)13-5-7(6-14)3-10(13)15/h1-2,4,7,14H,3,5-6H2. The molecule has 1 amide bonds. The van der Waals surface area contributed by atoms with Crippen molar-refractivity contribution in [1.29, 1.82) is 0 Å². The maximum atomic E-state index is 11.7. The van der Waals surface area contributed by atoms with Gasteiger partial charge in [-0.2, -0.15) is 0 Å². The highest BCUT2D eigenvalue weighted by atomic mass is 79.9. The molecule has 1 atom stereocenters. The van der Waals surface area contributed by atoms with E-state index in [2.05, 4.69) is 20.9 Å². The SMILES string of the molecule is O=C1CC(CO)CN1c1cnccc1Br. The van der Waals surface area contributed by atoms with Gasteiger partial charge in [0.25, 0.3) is 0 Å². The molecule has 1 fully saturated rings. The number of amides is 1. The highest BCUT2D eigenvalue weighted by molar-refractivity contribution is 9.10. The number of nitrogens with zero attached hydrogens (tertiary/aromatic N) is 2. The molecule has 1 aliphatic heterocycles. The summed E-state index contributed by atoms with van der Waals surface area (Å²) in [5, 5.41) is 9.01. The Morgan fingerprint density at radius 1 is 1.67 bits per heavy atom. The zero-order valence-corrected chi connectivity index (χ0v) is 9.64. The topological polar surface area (TPSA) is 53.4 Å². The van der Waals surface area contributed by atoms with Crippen LogP contribution < -0.4 is 4.90 Å². The molecule has 5 heteroatoms. The van der Waals surface area contributed by atoms with Crippen LogP contribution in [0, 0.1) is 5.92 Å². The molecule has 0 saturated carbocycles. The first kappa shape index (κ1) is 10.6. The maximum Gasteiger partial charge on any atom is 0.227 e. The molecule has 1 N–H and O–H groups in total. The van der Waals surface area contributed by atoms with Crippen molar-refractivity contribution in [3.8, 4) is 0 Å². The van der Waals surface area contributed by atoms with Crippen LogP contribution >= 0.6 is 15.9 Å². The highest BCUT2D eigenvalue weighted by Gasteiger charge is 2.30. The molecule has 0 aromatic carbocycles. The van der Waals surface area contributed by atoms with Gasteiger partial charge in [0, 0.05) is 36.2 Å². The van der Waals surface area contributed by atoms with E-state index in [1.807, 2.05) is 0 Å². The average molecular weight is 271 g/mol. The predicted octanol–water partition coefficient (Wildman–Crippen LogP) is 1.19. The van der Waals surface area contributed by atoms with Gasteiger partial charge in [-0.3, -0.25) is 9.78 Å². The van der Waals surface area contributed by atoms with Crippen molar-refractivity contribution in [3.05, 3.63) is 22.9 Å². The number of pyridine rings is 1. The van der Waals surface area contributed by atoms with Gasteiger partial charge in [0.05, 0.1) is 11.9 Å². The van der Waals surface area contributed by atoms with Crippen LogP contribution in [-0.4, -0.2) is 29.1 Å². The van der Waals surface area contributed by atoms with Gasteiger partial charge < -0.3 is 10.0 Å². The van der Waals surface area contributed by atoms with Crippen LogP contribution in [0.15, 0.2) is 22.9 Å². The lowest BCUT2D eigenvalue weighted by Crippen LogP contribution is -2.25. The lowest BCUT2D eigenvalue weighted by Gasteiger charge is -2.17. The number of halogens is 1. The van der Waals surface area contributed by atoms with Gasteiger partial charge in [-0.05, 0) is 22.0 Å². The second-order valence-corrected chi connectivity index (χ2v) is 4.44. The summed E-state index contributed by atoms with van der Waals surface area (Å²) in [6.07, 6.45) is 3.73. The number of hydrogen-bond acceptors (Lipinski definition) is 3. The number of aliphatic hydroxyl groups excluding tert-OH is 1. The lowest BCUT2D eigenvalue weighted by atomic mass is 10.1. The van der Waals surface area contributed by atoms with E-state index in [0.29, 0.717) is 13.0 Å². The number of carbonyl (C=O) groups is 1.